The van der Waals surface area contributed by atoms with Crippen molar-refractivity contribution >= 4 is 79.1 Å². The molecular formula is C74H99N7S5. The van der Waals surface area contributed by atoms with E-state index in [0.29, 0.717) is 5.92 Å². The van der Waals surface area contributed by atoms with Crippen LogP contribution in [0.4, 0.5) is 11.4 Å². The van der Waals surface area contributed by atoms with Crippen molar-refractivity contribution in [2.45, 2.75) is 266 Å². The molecule has 2 aliphatic rings. The maximum atomic E-state index is 5.60. The molecule has 7 nitrogen and oxygen atoms in total. The van der Waals surface area contributed by atoms with Crippen molar-refractivity contribution in [3.8, 4) is 62.9 Å². The van der Waals surface area contributed by atoms with E-state index in [1.165, 1.54) is 278 Å². The Labute approximate surface area is 537 Å². The van der Waals surface area contributed by atoms with Gasteiger partial charge in [-0.05, 0) is 123 Å². The SMILES string of the molecule is CCCCCCCCc1cc(-c2c3c(c(-c4cc(C)c(C)s4)c4nn(CC(CCCC)CCCCCCCC)nc24)N=S=N3)sc1-c1cnc(-c2ccc3c(c2)C(CCCCCCCC)(CCCCCCCC)c2cc(-c4ncc(C)s4)ccc2-3)s1. The fourth-order valence-corrected chi connectivity index (χ4v) is 18.5. The van der Waals surface area contributed by atoms with E-state index < -0.39 is 0 Å². The molecule has 5 aromatic heterocycles. The second-order valence-corrected chi connectivity index (χ2v) is 30.6. The Morgan fingerprint density at radius 2 is 0.977 bits per heavy atom. The zero-order valence-corrected chi connectivity index (χ0v) is 57.7. The van der Waals surface area contributed by atoms with Crippen LogP contribution in [0.3, 0.4) is 0 Å². The lowest BCUT2D eigenvalue weighted by atomic mass is 9.70. The van der Waals surface area contributed by atoms with Crippen molar-refractivity contribution in [3.63, 3.8) is 0 Å². The first-order valence-corrected chi connectivity index (χ1v) is 38.1. The summed E-state index contributed by atoms with van der Waals surface area (Å²) in [6.45, 7) is 19.1. The summed E-state index contributed by atoms with van der Waals surface area (Å²) in [5, 5.41) is 13.4. The highest BCUT2D eigenvalue weighted by molar-refractivity contribution is 7.58. The number of unbranched alkanes of at least 4 members (excludes halogenated alkanes) is 21. The molecule has 0 N–H and O–H groups in total. The van der Waals surface area contributed by atoms with Crippen LogP contribution in [0.15, 0.2) is 69.7 Å². The molecule has 10 rings (SSSR count). The molecule has 6 heterocycles. The molecule has 0 saturated carbocycles. The summed E-state index contributed by atoms with van der Waals surface area (Å²) in [6.07, 6.45) is 43.6. The first-order valence-electron chi connectivity index (χ1n) is 34.1. The van der Waals surface area contributed by atoms with Gasteiger partial charge in [0, 0.05) is 53.3 Å². The fraction of sp³-hybridized carbons (Fsp3) is 0.568. The predicted molar refractivity (Wildman–Crippen MR) is 378 cm³/mol. The van der Waals surface area contributed by atoms with E-state index in [1.807, 2.05) is 51.5 Å². The smallest absolute Gasteiger partial charge is 0.124 e. The monoisotopic (exact) mass is 1250 g/mol. The maximum absolute atomic E-state index is 5.60. The molecular weight excluding hydrogens is 1150 g/mol. The standard InChI is InChI=1S/C74H99N7S5/c1-9-14-19-23-27-31-36-54(35-18-13-5)50-81-77-67-65(62-44-51(6)53(8)83-62)69-70(80-86-79-69)66(68(67)78-81)63-47-55(37-32-28-24-20-15-10-2)71(84-63)64-49-76-73(85-64)57-39-41-59-58-40-38-56(72-75-48-52(7)82-72)45-60(58)74(61(59)46-57,42-33-29-25-21-16-11-3)43-34-30-26-22-17-12-4/h38-41,44-49,54H,9-37,42-43,50H2,1-8H3. The minimum absolute atomic E-state index is 0.0599. The van der Waals surface area contributed by atoms with Crippen LogP contribution in [0.5, 0.6) is 0 Å². The first-order chi connectivity index (χ1) is 42.2. The van der Waals surface area contributed by atoms with Crippen molar-refractivity contribution in [2.24, 2.45) is 14.6 Å². The van der Waals surface area contributed by atoms with Crippen molar-refractivity contribution in [2.75, 3.05) is 0 Å². The van der Waals surface area contributed by atoms with Gasteiger partial charge in [0.15, 0.2) is 0 Å². The van der Waals surface area contributed by atoms with Gasteiger partial charge in [-0.2, -0.15) is 23.7 Å². The average Bonchev–Trinajstić information content (AvgIpc) is 1.70. The summed E-state index contributed by atoms with van der Waals surface area (Å²) < 4.78 is 10.3. The van der Waals surface area contributed by atoms with Gasteiger partial charge >= 0.3 is 0 Å². The zero-order valence-electron chi connectivity index (χ0n) is 53.7. The summed E-state index contributed by atoms with van der Waals surface area (Å²) in [4.78, 5) is 20.0. The van der Waals surface area contributed by atoms with Crippen LogP contribution in [-0.4, -0.2) is 25.0 Å². The van der Waals surface area contributed by atoms with Gasteiger partial charge in [0.25, 0.3) is 0 Å². The van der Waals surface area contributed by atoms with Gasteiger partial charge in [0.2, 0.25) is 0 Å². The van der Waals surface area contributed by atoms with Crippen LogP contribution in [0.1, 0.15) is 259 Å². The third-order valence-corrected chi connectivity index (χ3v) is 23.9. The summed E-state index contributed by atoms with van der Waals surface area (Å²) in [5.74, 6) is 0.542. The lowest BCUT2D eigenvalue weighted by Crippen LogP contribution is -2.25. The quantitative estimate of drug-likeness (QED) is 0.0361. The molecule has 0 spiro atoms. The highest BCUT2D eigenvalue weighted by Gasteiger charge is 2.43. The van der Waals surface area contributed by atoms with Gasteiger partial charge in [-0.15, -0.1) is 45.3 Å². The molecule has 1 unspecified atom stereocenters. The largest absolute Gasteiger partial charge is 0.244 e. The third-order valence-electron chi connectivity index (χ3n) is 18.8. The summed E-state index contributed by atoms with van der Waals surface area (Å²) in [6, 6.07) is 19.6. The van der Waals surface area contributed by atoms with Crippen LogP contribution < -0.4 is 0 Å². The van der Waals surface area contributed by atoms with Crippen molar-refractivity contribution in [1.82, 2.24) is 25.0 Å². The van der Waals surface area contributed by atoms with Crippen LogP contribution >= 0.6 is 45.3 Å². The lowest BCUT2D eigenvalue weighted by Gasteiger charge is -2.33. The van der Waals surface area contributed by atoms with Crippen molar-refractivity contribution < 1.29 is 0 Å². The molecule has 8 aromatic rings. The Hall–Kier alpha value is -4.46. The van der Waals surface area contributed by atoms with E-state index in [-0.39, 0.29) is 5.41 Å². The number of fused-ring (bicyclic) bond motifs is 5. The van der Waals surface area contributed by atoms with Gasteiger partial charge in [0.05, 0.1) is 33.9 Å². The zero-order chi connectivity index (χ0) is 59.8. The fourth-order valence-electron chi connectivity index (χ4n) is 13.8. The molecule has 0 bridgehead atoms. The normalized spacial score (nSPS) is 13.5. The molecule has 1 aliphatic carbocycles. The number of aryl methyl sites for hydroxylation is 4. The van der Waals surface area contributed by atoms with E-state index in [4.69, 9.17) is 28.9 Å². The predicted octanol–water partition coefficient (Wildman–Crippen LogP) is 25.7. The molecule has 1 atom stereocenters. The van der Waals surface area contributed by atoms with Gasteiger partial charge in [0.1, 0.15) is 32.4 Å². The van der Waals surface area contributed by atoms with E-state index in [2.05, 4.69) is 115 Å². The van der Waals surface area contributed by atoms with Crippen molar-refractivity contribution in [3.05, 3.63) is 92.9 Å². The average molecular weight is 1250 g/mol. The first kappa shape index (κ1) is 64.5. The Morgan fingerprint density at radius 1 is 0.477 bits per heavy atom. The number of thiophene rings is 2. The van der Waals surface area contributed by atoms with E-state index >= 15 is 0 Å². The second-order valence-electron chi connectivity index (χ2n) is 25.5. The minimum Gasteiger partial charge on any atom is -0.244 e. The number of hydrogen-bond acceptors (Lipinski definition) is 10. The van der Waals surface area contributed by atoms with Gasteiger partial charge in [-0.1, -0.05) is 219 Å². The second kappa shape index (κ2) is 31.8. The van der Waals surface area contributed by atoms with Crippen LogP contribution in [-0.2, 0) is 29.7 Å². The van der Waals surface area contributed by atoms with E-state index in [9.17, 15) is 0 Å². The molecule has 0 saturated heterocycles. The maximum Gasteiger partial charge on any atom is 0.124 e. The number of thiazole rings is 2. The summed E-state index contributed by atoms with van der Waals surface area (Å²) in [5.41, 5.74) is 17.0. The lowest BCUT2D eigenvalue weighted by molar-refractivity contribution is 0.329. The highest BCUT2D eigenvalue weighted by Crippen LogP contribution is 2.58. The molecule has 460 valence electrons. The molecule has 0 fully saturated rings. The third kappa shape index (κ3) is 15.2. The minimum atomic E-state index is -0.0599. The topological polar surface area (TPSA) is 81.2 Å². The Balaban J connectivity index is 1.05. The molecule has 12 heteroatoms. The van der Waals surface area contributed by atoms with Crippen molar-refractivity contribution in [1.29, 1.82) is 0 Å². The highest BCUT2D eigenvalue weighted by atomic mass is 32.1. The van der Waals surface area contributed by atoms with E-state index in [1.54, 1.807) is 0 Å². The molecule has 0 radical (unpaired) electrons. The van der Waals surface area contributed by atoms with Gasteiger partial charge in [-0.25, -0.2) is 9.97 Å². The van der Waals surface area contributed by atoms with Crippen LogP contribution in [0.2, 0.25) is 0 Å². The Morgan fingerprint density at radius 3 is 1.51 bits per heavy atom. The Kier molecular flexibility index (Phi) is 23.9. The number of nitrogens with zero attached hydrogens (tertiary/aromatic N) is 7. The molecule has 0 amide bonds. The van der Waals surface area contributed by atoms with Crippen LogP contribution in [0.25, 0.3) is 73.9 Å². The molecule has 3 aromatic carbocycles. The summed E-state index contributed by atoms with van der Waals surface area (Å²) in [7, 11) is 0. The number of benzene rings is 3. The number of hydrogen-bond donors (Lipinski definition) is 0. The Bertz CT molecular complexity index is 3510. The van der Waals surface area contributed by atoms with Gasteiger partial charge in [-0.3, -0.25) is 0 Å². The van der Waals surface area contributed by atoms with Gasteiger partial charge < -0.3 is 0 Å². The van der Waals surface area contributed by atoms with E-state index in [0.717, 1.165) is 56.5 Å². The summed E-state index contributed by atoms with van der Waals surface area (Å²) >= 11 is 8.78. The number of aromatic nitrogens is 5. The molecule has 1 aliphatic heterocycles. The molecule has 86 heavy (non-hydrogen) atoms. The number of rotatable bonds is 38. The van der Waals surface area contributed by atoms with Crippen LogP contribution in [0, 0.1) is 26.7 Å².